The van der Waals surface area contributed by atoms with Crippen LogP contribution in [0.2, 0.25) is 0 Å². The molecule has 1 aliphatic rings. The standard InChI is InChI=1S/C12H15BrFNO2S/c13-12-9(3-1-5-11(12)14)7-15-10-4-2-6-18(16,17)8-10/h1,3,5,10,15H,2,4,6-8H2. The number of hydrogen-bond donors (Lipinski definition) is 1. The molecule has 3 nitrogen and oxygen atoms in total. The summed E-state index contributed by atoms with van der Waals surface area (Å²) < 4.78 is 36.7. The molecular formula is C12H15BrFNO2S. The fourth-order valence-electron chi connectivity index (χ4n) is 2.12. The lowest BCUT2D eigenvalue weighted by molar-refractivity contribution is 0.478. The molecule has 1 atom stereocenters. The van der Waals surface area contributed by atoms with Crippen molar-refractivity contribution in [2.75, 3.05) is 11.5 Å². The average molecular weight is 336 g/mol. The van der Waals surface area contributed by atoms with Crippen molar-refractivity contribution < 1.29 is 12.8 Å². The van der Waals surface area contributed by atoms with Gasteiger partial charge in [-0.25, -0.2) is 12.8 Å². The number of nitrogens with one attached hydrogen (secondary N) is 1. The quantitative estimate of drug-likeness (QED) is 0.921. The SMILES string of the molecule is O=S1(=O)CCCC(NCc2cccc(F)c2Br)C1. The Kier molecular flexibility index (Phi) is 4.40. The molecular weight excluding hydrogens is 321 g/mol. The van der Waals surface area contributed by atoms with Crippen LogP contribution in [0.15, 0.2) is 22.7 Å². The molecule has 0 amide bonds. The first kappa shape index (κ1) is 14.0. The van der Waals surface area contributed by atoms with E-state index >= 15 is 0 Å². The third-order valence-corrected chi connectivity index (χ3v) is 5.78. The van der Waals surface area contributed by atoms with Crippen LogP contribution in [0.3, 0.4) is 0 Å². The Bertz CT molecular complexity index is 533. The van der Waals surface area contributed by atoms with Gasteiger partial charge in [0.15, 0.2) is 9.84 Å². The fourth-order valence-corrected chi connectivity index (χ4v) is 4.20. The number of halogens is 2. The molecule has 1 heterocycles. The highest BCUT2D eigenvalue weighted by Crippen LogP contribution is 2.21. The first-order chi connectivity index (χ1) is 8.48. The Labute approximate surface area is 115 Å². The zero-order valence-electron chi connectivity index (χ0n) is 9.83. The number of hydrogen-bond acceptors (Lipinski definition) is 3. The second-order valence-electron chi connectivity index (χ2n) is 4.55. The zero-order valence-corrected chi connectivity index (χ0v) is 12.2. The molecule has 1 unspecified atom stereocenters. The van der Waals surface area contributed by atoms with E-state index in [9.17, 15) is 12.8 Å². The normalized spacial score (nSPS) is 22.9. The van der Waals surface area contributed by atoms with Crippen LogP contribution in [-0.4, -0.2) is 26.0 Å². The van der Waals surface area contributed by atoms with Gasteiger partial charge in [0.05, 0.1) is 16.0 Å². The second-order valence-corrected chi connectivity index (χ2v) is 7.57. The Hall–Kier alpha value is -0.460. The third kappa shape index (κ3) is 3.52. The van der Waals surface area contributed by atoms with Gasteiger partial charge in [-0.1, -0.05) is 12.1 Å². The molecule has 0 spiro atoms. The predicted molar refractivity (Wildman–Crippen MR) is 72.6 cm³/mol. The van der Waals surface area contributed by atoms with E-state index in [0.717, 1.165) is 12.0 Å². The fraction of sp³-hybridized carbons (Fsp3) is 0.500. The van der Waals surface area contributed by atoms with Crippen LogP contribution >= 0.6 is 15.9 Å². The van der Waals surface area contributed by atoms with E-state index in [1.165, 1.54) is 6.07 Å². The summed E-state index contributed by atoms with van der Waals surface area (Å²) >= 11 is 3.19. The van der Waals surface area contributed by atoms with E-state index in [0.29, 0.717) is 17.4 Å². The van der Waals surface area contributed by atoms with Gasteiger partial charge in [0.1, 0.15) is 5.82 Å². The van der Waals surface area contributed by atoms with Crippen LogP contribution in [-0.2, 0) is 16.4 Å². The molecule has 1 aliphatic heterocycles. The maximum absolute atomic E-state index is 13.3. The summed E-state index contributed by atoms with van der Waals surface area (Å²) in [5.41, 5.74) is 0.804. The lowest BCUT2D eigenvalue weighted by atomic mass is 10.1. The van der Waals surface area contributed by atoms with E-state index < -0.39 is 9.84 Å². The molecule has 1 aromatic carbocycles. The van der Waals surface area contributed by atoms with Crippen molar-refractivity contribution in [2.24, 2.45) is 0 Å². The molecule has 18 heavy (non-hydrogen) atoms. The van der Waals surface area contributed by atoms with Crippen molar-refractivity contribution in [3.05, 3.63) is 34.1 Å². The summed E-state index contributed by atoms with van der Waals surface area (Å²) in [6.45, 7) is 0.471. The molecule has 1 aromatic rings. The minimum Gasteiger partial charge on any atom is -0.309 e. The van der Waals surface area contributed by atoms with E-state index in [1.807, 2.05) is 6.07 Å². The van der Waals surface area contributed by atoms with Crippen LogP contribution in [0.5, 0.6) is 0 Å². The first-order valence-corrected chi connectivity index (χ1v) is 8.46. The van der Waals surface area contributed by atoms with Crippen LogP contribution < -0.4 is 5.32 Å². The van der Waals surface area contributed by atoms with Crippen LogP contribution in [0, 0.1) is 5.82 Å². The summed E-state index contributed by atoms with van der Waals surface area (Å²) in [6, 6.07) is 4.82. The maximum Gasteiger partial charge on any atom is 0.151 e. The minimum atomic E-state index is -2.90. The van der Waals surface area contributed by atoms with E-state index in [-0.39, 0.29) is 23.4 Å². The topological polar surface area (TPSA) is 46.2 Å². The zero-order chi connectivity index (χ0) is 13.2. The number of rotatable bonds is 3. The Morgan fingerprint density at radius 1 is 1.44 bits per heavy atom. The third-order valence-electron chi connectivity index (χ3n) is 3.08. The van der Waals surface area contributed by atoms with Gasteiger partial charge in [-0.15, -0.1) is 0 Å². The van der Waals surface area contributed by atoms with Gasteiger partial charge in [0.2, 0.25) is 0 Å². The van der Waals surface area contributed by atoms with Crippen molar-refractivity contribution in [3.8, 4) is 0 Å². The Morgan fingerprint density at radius 2 is 2.22 bits per heavy atom. The van der Waals surface area contributed by atoms with Crippen LogP contribution in [0.1, 0.15) is 18.4 Å². The summed E-state index contributed by atoms with van der Waals surface area (Å²) in [4.78, 5) is 0. The highest BCUT2D eigenvalue weighted by molar-refractivity contribution is 9.10. The molecule has 1 N–H and O–H groups in total. The van der Waals surface area contributed by atoms with E-state index in [4.69, 9.17) is 0 Å². The van der Waals surface area contributed by atoms with Gasteiger partial charge in [-0.3, -0.25) is 0 Å². The molecule has 0 saturated carbocycles. The molecule has 0 aromatic heterocycles. The Morgan fingerprint density at radius 3 is 2.94 bits per heavy atom. The minimum absolute atomic E-state index is 0.0288. The van der Waals surface area contributed by atoms with Crippen LogP contribution in [0.25, 0.3) is 0 Å². The first-order valence-electron chi connectivity index (χ1n) is 5.84. The van der Waals surface area contributed by atoms with Crippen LogP contribution in [0.4, 0.5) is 4.39 Å². The molecule has 0 bridgehead atoms. The summed E-state index contributed by atoms with van der Waals surface area (Å²) in [5, 5.41) is 3.19. The molecule has 0 radical (unpaired) electrons. The van der Waals surface area contributed by atoms with Gasteiger partial charge in [-0.05, 0) is 40.4 Å². The molecule has 2 rings (SSSR count). The smallest absolute Gasteiger partial charge is 0.151 e. The van der Waals surface area contributed by atoms with Gasteiger partial charge in [0.25, 0.3) is 0 Å². The van der Waals surface area contributed by atoms with E-state index in [1.54, 1.807) is 6.07 Å². The molecule has 1 saturated heterocycles. The summed E-state index contributed by atoms with van der Waals surface area (Å²) in [5.74, 6) is 0.167. The lowest BCUT2D eigenvalue weighted by Crippen LogP contribution is -2.39. The molecule has 100 valence electrons. The van der Waals surface area contributed by atoms with Gasteiger partial charge in [-0.2, -0.15) is 0 Å². The van der Waals surface area contributed by atoms with Crippen molar-refractivity contribution in [1.82, 2.24) is 5.32 Å². The van der Waals surface area contributed by atoms with Crippen molar-refractivity contribution in [3.63, 3.8) is 0 Å². The highest BCUT2D eigenvalue weighted by atomic mass is 79.9. The van der Waals surface area contributed by atoms with Gasteiger partial charge in [0, 0.05) is 12.6 Å². The molecule has 1 fully saturated rings. The monoisotopic (exact) mass is 335 g/mol. The summed E-state index contributed by atoms with van der Waals surface area (Å²) in [6.07, 6.45) is 1.55. The molecule has 6 heteroatoms. The van der Waals surface area contributed by atoms with Crippen molar-refractivity contribution in [2.45, 2.75) is 25.4 Å². The molecule has 0 aliphatic carbocycles. The van der Waals surface area contributed by atoms with Crippen molar-refractivity contribution in [1.29, 1.82) is 0 Å². The number of sulfone groups is 1. The largest absolute Gasteiger partial charge is 0.309 e. The van der Waals surface area contributed by atoms with Gasteiger partial charge >= 0.3 is 0 Å². The van der Waals surface area contributed by atoms with E-state index in [2.05, 4.69) is 21.2 Å². The van der Waals surface area contributed by atoms with Gasteiger partial charge < -0.3 is 5.32 Å². The lowest BCUT2D eigenvalue weighted by Gasteiger charge is -2.23. The summed E-state index contributed by atoms with van der Waals surface area (Å²) in [7, 11) is -2.90. The van der Waals surface area contributed by atoms with Crippen molar-refractivity contribution >= 4 is 25.8 Å². The second kappa shape index (κ2) is 5.67. The Balaban J connectivity index is 1.97. The highest BCUT2D eigenvalue weighted by Gasteiger charge is 2.24. The average Bonchev–Trinajstić information content (AvgIpc) is 2.30. The predicted octanol–water partition coefficient (Wildman–Crippen LogP) is 2.25. The maximum atomic E-state index is 13.3. The number of benzene rings is 1.